The Labute approximate surface area is 166 Å². The Morgan fingerprint density at radius 3 is 2.45 bits per heavy atom. The van der Waals surface area contributed by atoms with Gasteiger partial charge in [-0.3, -0.25) is 4.79 Å². The first-order valence-corrected chi connectivity index (χ1v) is 9.63. The summed E-state index contributed by atoms with van der Waals surface area (Å²) >= 11 is 0. The van der Waals surface area contributed by atoms with Crippen molar-refractivity contribution in [1.82, 2.24) is 0 Å². The number of allylic oxidation sites excluding steroid dienone is 1. The number of carbonyl (C=O) groups excluding carboxylic acids is 2. The number of rotatable bonds is 0. The Balaban J connectivity index is 1.85. The van der Waals surface area contributed by atoms with Gasteiger partial charge >= 0.3 is 5.97 Å². The quantitative estimate of drug-likeness (QED) is 0.230. The van der Waals surface area contributed by atoms with Crippen LogP contribution in [0, 0.1) is 22.7 Å². The number of aliphatic hydroxyl groups excluding tert-OH is 3. The minimum atomic E-state index is -2.37. The Morgan fingerprint density at radius 2 is 1.79 bits per heavy atom. The third kappa shape index (κ3) is 1.69. The van der Waals surface area contributed by atoms with Crippen LogP contribution in [-0.4, -0.2) is 79.7 Å². The van der Waals surface area contributed by atoms with Crippen LogP contribution < -0.4 is 0 Å². The van der Waals surface area contributed by atoms with E-state index >= 15 is 0 Å². The third-order valence-corrected chi connectivity index (χ3v) is 8.44. The van der Waals surface area contributed by atoms with Gasteiger partial charge in [0, 0.05) is 11.3 Å². The lowest BCUT2D eigenvalue weighted by Gasteiger charge is -2.69. The lowest BCUT2D eigenvalue weighted by atomic mass is 9.37. The van der Waals surface area contributed by atoms with Crippen molar-refractivity contribution >= 4 is 11.8 Å². The van der Waals surface area contributed by atoms with Crippen LogP contribution in [0.15, 0.2) is 23.8 Å². The SMILES string of the molecule is C=C1[C@@H](O)[C@]2(O)OC[C@]34C2[C@@]2(C)[C@H](O)C(=O)C=C(C)[C@@H]2C[C@H]3OC(=O)[C@H](O)[C@@]14O. The predicted molar refractivity (Wildman–Crippen MR) is 93.8 cm³/mol. The van der Waals surface area contributed by atoms with Crippen molar-refractivity contribution in [3.05, 3.63) is 23.8 Å². The van der Waals surface area contributed by atoms with E-state index in [2.05, 4.69) is 6.58 Å². The summed E-state index contributed by atoms with van der Waals surface area (Å²) < 4.78 is 11.1. The van der Waals surface area contributed by atoms with Gasteiger partial charge in [-0.25, -0.2) is 4.79 Å². The van der Waals surface area contributed by atoms with Crippen LogP contribution in [0.4, 0.5) is 0 Å². The molecule has 158 valence electrons. The molecule has 4 fully saturated rings. The number of ether oxygens (including phenoxy) is 2. The van der Waals surface area contributed by atoms with Crippen LogP contribution in [0.5, 0.6) is 0 Å². The Bertz CT molecular complexity index is 896. The molecule has 0 aromatic rings. The fourth-order valence-electron chi connectivity index (χ4n) is 7.19. The van der Waals surface area contributed by atoms with E-state index in [1.165, 1.54) is 6.08 Å². The molecule has 10 atom stereocenters. The van der Waals surface area contributed by atoms with E-state index in [1.54, 1.807) is 13.8 Å². The molecule has 9 nitrogen and oxygen atoms in total. The molecule has 9 heteroatoms. The van der Waals surface area contributed by atoms with Crippen molar-refractivity contribution < 1.29 is 44.6 Å². The average molecular weight is 408 g/mol. The Hall–Kier alpha value is -1.62. The highest BCUT2D eigenvalue weighted by Crippen LogP contribution is 2.74. The standard InChI is InChI=1S/C20H24O9/c1-7-4-10(21)13(23)17(3)9(7)5-11-18-6-28-20(27,16(17)18)12(22)8(2)19(18,26)14(24)15(25)29-11/h4,9,11-14,16,22-24,26-27H,2,5-6H2,1,3H3/t9-,11+,12+,13+,14-,16?,17+,18+,19-,20-/m0/s1. The molecule has 2 saturated carbocycles. The molecule has 29 heavy (non-hydrogen) atoms. The second kappa shape index (κ2) is 5.16. The second-order valence-electron chi connectivity index (χ2n) is 9.38. The zero-order valence-corrected chi connectivity index (χ0v) is 16.0. The van der Waals surface area contributed by atoms with Crippen LogP contribution in [0.3, 0.4) is 0 Å². The summed E-state index contributed by atoms with van der Waals surface area (Å²) in [7, 11) is 0. The number of esters is 1. The molecule has 2 saturated heterocycles. The van der Waals surface area contributed by atoms with Gasteiger partial charge in [0.25, 0.3) is 0 Å². The monoisotopic (exact) mass is 408 g/mol. The minimum absolute atomic E-state index is 0.142. The lowest BCUT2D eigenvalue weighted by molar-refractivity contribution is -0.337. The molecule has 3 aliphatic carbocycles. The highest BCUT2D eigenvalue weighted by molar-refractivity contribution is 5.96. The van der Waals surface area contributed by atoms with Crippen LogP contribution in [0.25, 0.3) is 0 Å². The second-order valence-corrected chi connectivity index (χ2v) is 9.38. The van der Waals surface area contributed by atoms with E-state index < -0.39 is 70.2 Å². The third-order valence-electron chi connectivity index (χ3n) is 8.44. The summed E-state index contributed by atoms with van der Waals surface area (Å²) in [5.41, 5.74) is -5.06. The van der Waals surface area contributed by atoms with Crippen molar-refractivity contribution in [3.8, 4) is 0 Å². The molecule has 1 unspecified atom stereocenters. The first-order chi connectivity index (χ1) is 13.4. The van der Waals surface area contributed by atoms with Gasteiger partial charge in [0.05, 0.1) is 12.0 Å². The van der Waals surface area contributed by atoms with Crippen molar-refractivity contribution in [1.29, 1.82) is 0 Å². The number of fused-ring (bicyclic) bond motifs is 1. The molecule has 1 spiro atoms. The summed E-state index contributed by atoms with van der Waals surface area (Å²) in [5.74, 6) is -5.66. The van der Waals surface area contributed by atoms with Gasteiger partial charge in [-0.1, -0.05) is 19.1 Å². The number of hydrogen-bond acceptors (Lipinski definition) is 9. The summed E-state index contributed by atoms with van der Waals surface area (Å²) in [4.78, 5) is 25.0. The summed E-state index contributed by atoms with van der Waals surface area (Å²) in [5, 5.41) is 55.7. The fourth-order valence-corrected chi connectivity index (χ4v) is 7.19. The topological polar surface area (TPSA) is 154 Å². The van der Waals surface area contributed by atoms with Gasteiger partial charge in [0.2, 0.25) is 5.79 Å². The van der Waals surface area contributed by atoms with Gasteiger partial charge in [-0.05, 0) is 30.9 Å². The highest BCUT2D eigenvalue weighted by Gasteiger charge is 2.87. The normalized spacial score (nSPS) is 58.3. The summed E-state index contributed by atoms with van der Waals surface area (Å²) in [6.45, 7) is 6.62. The molecule has 5 aliphatic rings. The van der Waals surface area contributed by atoms with E-state index in [4.69, 9.17) is 9.47 Å². The van der Waals surface area contributed by atoms with Gasteiger partial charge in [0.1, 0.15) is 23.9 Å². The van der Waals surface area contributed by atoms with Gasteiger partial charge in [0.15, 0.2) is 11.9 Å². The van der Waals surface area contributed by atoms with Gasteiger partial charge < -0.3 is 35.0 Å². The van der Waals surface area contributed by atoms with Crippen molar-refractivity contribution in [2.24, 2.45) is 22.7 Å². The van der Waals surface area contributed by atoms with E-state index in [-0.39, 0.29) is 18.6 Å². The predicted octanol–water partition coefficient (Wildman–Crippen LogP) is -1.83. The largest absolute Gasteiger partial charge is 0.460 e. The van der Waals surface area contributed by atoms with E-state index in [9.17, 15) is 35.1 Å². The Kier molecular flexibility index (Phi) is 3.44. The smallest absolute Gasteiger partial charge is 0.338 e. The fraction of sp³-hybridized carbons (Fsp3) is 0.700. The maximum atomic E-state index is 12.5. The summed E-state index contributed by atoms with van der Waals surface area (Å²) in [6, 6.07) is 0. The zero-order chi connectivity index (χ0) is 21.3. The van der Waals surface area contributed by atoms with E-state index in [0.717, 1.165) is 0 Å². The van der Waals surface area contributed by atoms with Crippen LogP contribution in [0.1, 0.15) is 20.3 Å². The Morgan fingerprint density at radius 1 is 1.14 bits per heavy atom. The first-order valence-electron chi connectivity index (χ1n) is 9.63. The van der Waals surface area contributed by atoms with E-state index in [0.29, 0.717) is 5.57 Å². The molecule has 2 bridgehead atoms. The number of hydrogen-bond donors (Lipinski definition) is 5. The van der Waals surface area contributed by atoms with Gasteiger partial charge in [-0.2, -0.15) is 0 Å². The molecule has 5 N–H and O–H groups in total. The van der Waals surface area contributed by atoms with Crippen molar-refractivity contribution in [2.75, 3.05) is 6.61 Å². The molecular weight excluding hydrogens is 384 g/mol. The number of carbonyl (C=O) groups is 2. The number of ketones is 1. The molecule has 0 radical (unpaired) electrons. The van der Waals surface area contributed by atoms with Crippen molar-refractivity contribution in [3.63, 3.8) is 0 Å². The molecule has 5 rings (SSSR count). The average Bonchev–Trinajstić information content (AvgIpc) is 2.98. The maximum Gasteiger partial charge on any atom is 0.338 e. The number of aliphatic hydroxyl groups is 5. The maximum absolute atomic E-state index is 12.5. The minimum Gasteiger partial charge on any atom is -0.460 e. The molecule has 0 aromatic heterocycles. The summed E-state index contributed by atoms with van der Waals surface area (Å²) in [6.07, 6.45) is -5.01. The molecular formula is C20H24O9. The van der Waals surface area contributed by atoms with E-state index in [1.807, 2.05) is 0 Å². The molecule has 0 aromatic carbocycles. The van der Waals surface area contributed by atoms with Crippen molar-refractivity contribution in [2.45, 2.75) is 56.1 Å². The highest BCUT2D eigenvalue weighted by atomic mass is 16.7. The molecule has 0 amide bonds. The molecule has 2 heterocycles. The van der Waals surface area contributed by atoms with Gasteiger partial charge in [-0.15, -0.1) is 0 Å². The molecule has 2 aliphatic heterocycles. The zero-order valence-electron chi connectivity index (χ0n) is 16.0. The lowest BCUT2D eigenvalue weighted by Crippen LogP contribution is -2.82. The van der Waals surface area contributed by atoms with Crippen LogP contribution in [-0.2, 0) is 19.1 Å². The first kappa shape index (κ1) is 19.3. The van der Waals surface area contributed by atoms with Crippen LogP contribution in [0.2, 0.25) is 0 Å². The van der Waals surface area contributed by atoms with Crippen LogP contribution >= 0.6 is 0 Å².